The van der Waals surface area contributed by atoms with Crippen LogP contribution in [0.4, 0.5) is 0 Å². The van der Waals surface area contributed by atoms with Crippen LogP contribution in [0, 0.1) is 34.5 Å². The van der Waals surface area contributed by atoms with Gasteiger partial charge in [0.05, 0.1) is 0 Å². The summed E-state index contributed by atoms with van der Waals surface area (Å²) < 4.78 is 0. The SMILES string of the molecule is CC1(C)[C@@H]2[C@@H]3[C@H](C[C@@H]21)C3(C)C. The van der Waals surface area contributed by atoms with Gasteiger partial charge in [0.25, 0.3) is 0 Å². The predicted molar refractivity (Wildman–Crippen MR) is 46.1 cm³/mol. The molecule has 0 nitrogen and oxygen atoms in total. The minimum Gasteiger partial charge on any atom is -0.0593 e. The second-order valence-corrected chi connectivity index (χ2v) is 6.14. The summed E-state index contributed by atoms with van der Waals surface area (Å²) in [4.78, 5) is 0. The van der Waals surface area contributed by atoms with Gasteiger partial charge in [0.2, 0.25) is 0 Å². The van der Waals surface area contributed by atoms with Crippen LogP contribution in [-0.2, 0) is 0 Å². The first-order chi connectivity index (χ1) is 4.97. The van der Waals surface area contributed by atoms with Gasteiger partial charge in [-0.2, -0.15) is 0 Å². The van der Waals surface area contributed by atoms with Crippen molar-refractivity contribution in [1.82, 2.24) is 0 Å². The van der Waals surface area contributed by atoms with Gasteiger partial charge in [-0.05, 0) is 40.9 Å². The van der Waals surface area contributed by atoms with E-state index in [0.29, 0.717) is 0 Å². The maximum absolute atomic E-state index is 2.47. The lowest BCUT2D eigenvalue weighted by molar-refractivity contribution is 0.448. The molecule has 0 N–H and O–H groups in total. The number of hydrogen-bond acceptors (Lipinski definition) is 0. The lowest BCUT2D eigenvalue weighted by Gasteiger charge is -2.04. The summed E-state index contributed by atoms with van der Waals surface area (Å²) in [7, 11) is 0. The van der Waals surface area contributed by atoms with Crippen molar-refractivity contribution in [1.29, 1.82) is 0 Å². The van der Waals surface area contributed by atoms with E-state index < -0.39 is 0 Å². The summed E-state index contributed by atoms with van der Waals surface area (Å²) in [6.45, 7) is 9.86. The Morgan fingerprint density at radius 2 is 1.18 bits per heavy atom. The zero-order valence-corrected chi connectivity index (χ0v) is 8.02. The Balaban J connectivity index is 1.90. The molecule has 0 aromatic heterocycles. The Bertz CT molecular complexity index is 200. The molecule has 3 aliphatic carbocycles. The average molecular weight is 150 g/mol. The molecular weight excluding hydrogens is 132 g/mol. The van der Waals surface area contributed by atoms with Crippen LogP contribution < -0.4 is 0 Å². The van der Waals surface area contributed by atoms with Crippen molar-refractivity contribution in [3.05, 3.63) is 0 Å². The van der Waals surface area contributed by atoms with Gasteiger partial charge in [-0.3, -0.25) is 0 Å². The second-order valence-electron chi connectivity index (χ2n) is 6.14. The van der Waals surface area contributed by atoms with Gasteiger partial charge in [-0.1, -0.05) is 27.7 Å². The van der Waals surface area contributed by atoms with Crippen molar-refractivity contribution in [2.45, 2.75) is 34.1 Å². The highest BCUT2D eigenvalue weighted by Gasteiger charge is 2.79. The summed E-state index contributed by atoms with van der Waals surface area (Å²) in [6.07, 6.45) is 1.55. The summed E-state index contributed by atoms with van der Waals surface area (Å²) >= 11 is 0. The van der Waals surface area contributed by atoms with Crippen LogP contribution >= 0.6 is 0 Å². The second kappa shape index (κ2) is 1.30. The molecule has 4 atom stereocenters. The fraction of sp³-hybridized carbons (Fsp3) is 1.00. The standard InChI is InChI=1S/C11H18/c1-10(2)6-5-7-9(8(6)10)11(7,3)4/h6-9H,5H2,1-4H3/t6-,7-,8-,9-/m0/s1. The number of hydrogen-bond donors (Lipinski definition) is 0. The van der Waals surface area contributed by atoms with Gasteiger partial charge in [-0.25, -0.2) is 0 Å². The number of rotatable bonds is 0. The van der Waals surface area contributed by atoms with Gasteiger partial charge in [0.1, 0.15) is 0 Å². The molecule has 62 valence electrons. The lowest BCUT2D eigenvalue weighted by atomic mass is 10.0. The van der Waals surface area contributed by atoms with Crippen LogP contribution in [0.25, 0.3) is 0 Å². The Hall–Kier alpha value is 0. The molecule has 0 radical (unpaired) electrons. The van der Waals surface area contributed by atoms with E-state index in [-0.39, 0.29) is 0 Å². The highest BCUT2D eigenvalue weighted by Crippen LogP contribution is 2.84. The predicted octanol–water partition coefficient (Wildman–Crippen LogP) is 2.93. The van der Waals surface area contributed by atoms with E-state index in [0.717, 1.165) is 34.5 Å². The molecule has 0 amide bonds. The Morgan fingerprint density at radius 1 is 0.818 bits per heavy atom. The molecule has 3 fully saturated rings. The van der Waals surface area contributed by atoms with Crippen molar-refractivity contribution >= 4 is 0 Å². The molecule has 0 heteroatoms. The van der Waals surface area contributed by atoms with E-state index in [1.165, 1.54) is 0 Å². The Labute approximate surface area is 69.4 Å². The maximum Gasteiger partial charge on any atom is -0.0289 e. The smallest absolute Gasteiger partial charge is 0.0289 e. The topological polar surface area (TPSA) is 0 Å². The largest absolute Gasteiger partial charge is 0.0593 e. The molecule has 3 rings (SSSR count). The molecule has 0 aromatic carbocycles. The first-order valence-corrected chi connectivity index (χ1v) is 4.97. The first-order valence-electron chi connectivity index (χ1n) is 4.97. The van der Waals surface area contributed by atoms with Crippen molar-refractivity contribution < 1.29 is 0 Å². The highest BCUT2D eigenvalue weighted by molar-refractivity contribution is 5.26. The van der Waals surface area contributed by atoms with Crippen LogP contribution in [0.2, 0.25) is 0 Å². The molecule has 0 unspecified atom stereocenters. The molecule has 3 aliphatic rings. The monoisotopic (exact) mass is 150 g/mol. The van der Waals surface area contributed by atoms with E-state index in [1.807, 2.05) is 0 Å². The molecule has 3 saturated carbocycles. The van der Waals surface area contributed by atoms with Gasteiger partial charge in [0, 0.05) is 0 Å². The first kappa shape index (κ1) is 6.51. The van der Waals surface area contributed by atoms with Gasteiger partial charge in [-0.15, -0.1) is 0 Å². The van der Waals surface area contributed by atoms with E-state index in [2.05, 4.69) is 27.7 Å². The summed E-state index contributed by atoms with van der Waals surface area (Å²) in [6, 6.07) is 0. The third kappa shape index (κ3) is 0.494. The van der Waals surface area contributed by atoms with Crippen LogP contribution in [0.1, 0.15) is 34.1 Å². The normalized spacial score (nSPS) is 60.0. The van der Waals surface area contributed by atoms with Crippen LogP contribution in [-0.4, -0.2) is 0 Å². The van der Waals surface area contributed by atoms with Crippen LogP contribution in [0.5, 0.6) is 0 Å². The van der Waals surface area contributed by atoms with E-state index in [4.69, 9.17) is 0 Å². The summed E-state index contributed by atoms with van der Waals surface area (Å²) in [5, 5.41) is 0. The minimum atomic E-state index is 0.731. The van der Waals surface area contributed by atoms with Gasteiger partial charge < -0.3 is 0 Å². The third-order valence-electron chi connectivity index (χ3n) is 5.17. The Kier molecular flexibility index (Phi) is 0.767. The van der Waals surface area contributed by atoms with Crippen molar-refractivity contribution in [2.75, 3.05) is 0 Å². The molecular formula is C11H18. The fourth-order valence-corrected chi connectivity index (χ4v) is 4.17. The summed E-state index contributed by atoms with van der Waals surface area (Å²) in [5.41, 5.74) is 1.46. The van der Waals surface area contributed by atoms with Crippen LogP contribution in [0.3, 0.4) is 0 Å². The maximum atomic E-state index is 2.47. The molecule has 0 bridgehead atoms. The fourth-order valence-electron chi connectivity index (χ4n) is 4.17. The zero-order valence-electron chi connectivity index (χ0n) is 8.02. The average Bonchev–Trinajstić information content (AvgIpc) is 2.57. The number of fused-ring (bicyclic) bond motifs is 3. The van der Waals surface area contributed by atoms with E-state index in [1.54, 1.807) is 6.42 Å². The molecule has 0 heterocycles. The molecule has 0 aliphatic heterocycles. The minimum absolute atomic E-state index is 0.731. The van der Waals surface area contributed by atoms with Gasteiger partial charge in [0.15, 0.2) is 0 Å². The third-order valence-corrected chi connectivity index (χ3v) is 5.17. The quantitative estimate of drug-likeness (QED) is 0.498. The van der Waals surface area contributed by atoms with Crippen molar-refractivity contribution in [3.8, 4) is 0 Å². The zero-order chi connectivity index (χ0) is 8.02. The Morgan fingerprint density at radius 3 is 1.45 bits per heavy atom. The highest BCUT2D eigenvalue weighted by atomic mass is 14.8. The van der Waals surface area contributed by atoms with Gasteiger partial charge >= 0.3 is 0 Å². The summed E-state index contributed by atoms with van der Waals surface area (Å²) in [5.74, 6) is 4.46. The van der Waals surface area contributed by atoms with Crippen molar-refractivity contribution in [3.63, 3.8) is 0 Å². The van der Waals surface area contributed by atoms with Crippen molar-refractivity contribution in [2.24, 2.45) is 34.5 Å². The van der Waals surface area contributed by atoms with Crippen LogP contribution in [0.15, 0.2) is 0 Å². The molecule has 0 saturated heterocycles. The van der Waals surface area contributed by atoms with E-state index in [9.17, 15) is 0 Å². The molecule has 0 spiro atoms. The molecule has 11 heavy (non-hydrogen) atoms. The molecule has 0 aromatic rings. The lowest BCUT2D eigenvalue weighted by Crippen LogP contribution is -1.97. The van der Waals surface area contributed by atoms with E-state index >= 15 is 0 Å².